The van der Waals surface area contributed by atoms with Gasteiger partial charge in [0.25, 0.3) is 17.7 Å². The average molecular weight is 551 g/mol. The zero-order valence-electron chi connectivity index (χ0n) is 21.3. The number of aliphatic hydroxyl groups is 1. The van der Waals surface area contributed by atoms with E-state index in [2.05, 4.69) is 10.3 Å². The summed E-state index contributed by atoms with van der Waals surface area (Å²) in [5, 5.41) is 12.8. The molecule has 0 radical (unpaired) electrons. The second kappa shape index (κ2) is 9.01. The number of carbonyl (C=O) groups excluding carboxylic acids is 2. The van der Waals surface area contributed by atoms with Crippen LogP contribution in [0.4, 0.5) is 13.2 Å². The first-order chi connectivity index (χ1) is 19.2. The Kier molecular flexibility index (Phi) is 5.63. The van der Waals surface area contributed by atoms with Crippen molar-refractivity contribution in [2.24, 2.45) is 0 Å². The standard InChI is InChI=1S/C28H25F3N6O3/c29-17-9-16-12-35(15-34-6-4-28(30,31)21(38)14-34)7-8-36-13-19(18(10-17)25(16)36)23-24(27(40)33-26(23)39)20-11-32-22-3-1-2-5-37(20)22/h1-3,5,9-11,13,21,38H,4,6-8,12,14-15H2,(H,33,39,40). The zero-order chi connectivity index (χ0) is 27.8. The average Bonchev–Trinajstić information content (AvgIpc) is 3.53. The van der Waals surface area contributed by atoms with Gasteiger partial charge in [-0.05, 0) is 29.8 Å². The highest BCUT2D eigenvalue weighted by Crippen LogP contribution is 2.38. The fraction of sp³-hybridized carbons (Fsp3) is 0.321. The Labute approximate surface area is 226 Å². The van der Waals surface area contributed by atoms with Crippen LogP contribution in [-0.4, -0.2) is 79.0 Å². The SMILES string of the molecule is O=C1NC(=O)C(c2cnc3ccccn23)=C1c1cn2c3c(cc(F)cc13)CN(CN1CCC(F)(F)C(O)C1)CC2. The summed E-state index contributed by atoms with van der Waals surface area (Å²) in [7, 11) is 0. The number of hydrogen-bond acceptors (Lipinski definition) is 6. The fourth-order valence-corrected chi connectivity index (χ4v) is 6.10. The lowest BCUT2D eigenvalue weighted by Gasteiger charge is -2.38. The first-order valence-electron chi connectivity index (χ1n) is 13.0. The normalized spacial score (nSPS) is 21.9. The van der Waals surface area contributed by atoms with Crippen molar-refractivity contribution < 1.29 is 27.9 Å². The number of aromatic nitrogens is 3. The molecule has 0 bridgehead atoms. The molecule has 3 aliphatic heterocycles. The van der Waals surface area contributed by atoms with E-state index in [1.807, 2.05) is 15.5 Å². The molecular weight excluding hydrogens is 525 g/mol. The number of nitrogens with zero attached hydrogens (tertiary/aromatic N) is 5. The van der Waals surface area contributed by atoms with Gasteiger partial charge in [0.2, 0.25) is 0 Å². The van der Waals surface area contributed by atoms with Gasteiger partial charge in [-0.15, -0.1) is 0 Å². The molecule has 6 heterocycles. The van der Waals surface area contributed by atoms with Crippen LogP contribution in [0.2, 0.25) is 0 Å². The second-order valence-corrected chi connectivity index (χ2v) is 10.6. The molecule has 0 saturated carbocycles. The van der Waals surface area contributed by atoms with E-state index in [1.54, 1.807) is 40.0 Å². The van der Waals surface area contributed by atoms with E-state index in [4.69, 9.17) is 0 Å². The summed E-state index contributed by atoms with van der Waals surface area (Å²) in [6.45, 7) is 1.75. The van der Waals surface area contributed by atoms with Crippen LogP contribution in [0.3, 0.4) is 0 Å². The van der Waals surface area contributed by atoms with Gasteiger partial charge in [-0.25, -0.2) is 18.2 Å². The molecule has 1 atom stereocenters. The first-order valence-corrected chi connectivity index (χ1v) is 13.0. The van der Waals surface area contributed by atoms with Crippen molar-refractivity contribution in [3.05, 3.63) is 71.6 Å². The Hall–Kier alpha value is -4.00. The Morgan fingerprint density at radius 3 is 2.73 bits per heavy atom. The number of fused-ring (bicyclic) bond motifs is 1. The highest BCUT2D eigenvalue weighted by atomic mass is 19.3. The van der Waals surface area contributed by atoms with Gasteiger partial charge in [0.05, 0.1) is 35.2 Å². The number of aliphatic hydroxyl groups excluding tert-OH is 1. The minimum Gasteiger partial charge on any atom is -0.386 e. The van der Waals surface area contributed by atoms with Crippen molar-refractivity contribution in [2.75, 3.05) is 26.3 Å². The molecule has 9 nitrogen and oxygen atoms in total. The topological polar surface area (TPSA) is 95.1 Å². The Bertz CT molecular complexity index is 1740. The molecule has 1 aromatic carbocycles. The van der Waals surface area contributed by atoms with Crippen LogP contribution in [0, 0.1) is 5.82 Å². The molecule has 40 heavy (non-hydrogen) atoms. The van der Waals surface area contributed by atoms with Crippen LogP contribution in [-0.2, 0) is 22.7 Å². The van der Waals surface area contributed by atoms with Gasteiger partial charge in [-0.1, -0.05) is 6.07 Å². The number of imide groups is 1. The van der Waals surface area contributed by atoms with Crippen molar-refractivity contribution in [1.82, 2.24) is 29.1 Å². The smallest absolute Gasteiger partial charge is 0.275 e. The number of alkyl halides is 2. The summed E-state index contributed by atoms with van der Waals surface area (Å²) in [5.74, 6) is -4.69. The van der Waals surface area contributed by atoms with E-state index in [0.717, 1.165) is 5.52 Å². The maximum absolute atomic E-state index is 15.0. The molecule has 3 aromatic heterocycles. The zero-order valence-corrected chi connectivity index (χ0v) is 21.3. The van der Waals surface area contributed by atoms with Gasteiger partial charge < -0.3 is 9.67 Å². The molecule has 1 unspecified atom stereocenters. The number of β-amino-alcohol motifs (C(OH)–C–C–N with tert-alkyl or cyclic N) is 1. The van der Waals surface area contributed by atoms with Gasteiger partial charge in [0.15, 0.2) is 0 Å². The Morgan fingerprint density at radius 2 is 1.90 bits per heavy atom. The lowest BCUT2D eigenvalue weighted by atomic mass is 9.98. The van der Waals surface area contributed by atoms with E-state index in [-0.39, 0.29) is 24.2 Å². The number of rotatable bonds is 4. The molecule has 3 aliphatic rings. The maximum Gasteiger partial charge on any atom is 0.275 e. The third-order valence-electron chi connectivity index (χ3n) is 8.02. The molecular formula is C28H25F3N6O3. The number of halogens is 3. The molecule has 4 aromatic rings. The van der Waals surface area contributed by atoms with Crippen LogP contribution >= 0.6 is 0 Å². The minimum atomic E-state index is -3.09. The summed E-state index contributed by atoms with van der Waals surface area (Å²) in [5.41, 5.74) is 3.30. The number of likely N-dealkylation sites (tertiary alicyclic amines) is 1. The third-order valence-corrected chi connectivity index (χ3v) is 8.02. The quantitative estimate of drug-likeness (QED) is 0.380. The van der Waals surface area contributed by atoms with E-state index in [9.17, 15) is 23.5 Å². The number of nitrogens with one attached hydrogen (secondary N) is 1. The minimum absolute atomic E-state index is 0.137. The lowest BCUT2D eigenvalue weighted by molar-refractivity contribution is -0.152. The number of imidazole rings is 1. The summed E-state index contributed by atoms with van der Waals surface area (Å²) in [4.78, 5) is 34.4. The van der Waals surface area contributed by atoms with Crippen LogP contribution in [0.15, 0.2) is 48.9 Å². The highest BCUT2D eigenvalue weighted by Gasteiger charge is 2.43. The van der Waals surface area contributed by atoms with Crippen LogP contribution in [0.1, 0.15) is 23.2 Å². The monoisotopic (exact) mass is 550 g/mol. The number of carbonyl (C=O) groups is 2. The van der Waals surface area contributed by atoms with Gasteiger partial charge in [-0.2, -0.15) is 0 Å². The van der Waals surface area contributed by atoms with E-state index in [0.29, 0.717) is 54.2 Å². The number of pyridine rings is 1. The van der Waals surface area contributed by atoms with E-state index in [1.165, 1.54) is 12.1 Å². The molecule has 206 valence electrons. The van der Waals surface area contributed by atoms with Crippen molar-refractivity contribution >= 4 is 39.5 Å². The molecule has 0 spiro atoms. The van der Waals surface area contributed by atoms with Crippen LogP contribution < -0.4 is 5.32 Å². The summed E-state index contributed by atoms with van der Waals surface area (Å²) >= 11 is 0. The molecule has 7 rings (SSSR count). The van der Waals surface area contributed by atoms with Crippen LogP contribution in [0.5, 0.6) is 0 Å². The van der Waals surface area contributed by atoms with Gasteiger partial charge in [0.1, 0.15) is 17.6 Å². The summed E-state index contributed by atoms with van der Waals surface area (Å²) in [6, 6.07) is 8.23. The highest BCUT2D eigenvalue weighted by molar-refractivity contribution is 6.49. The predicted molar refractivity (Wildman–Crippen MR) is 139 cm³/mol. The third kappa shape index (κ3) is 3.94. The Balaban J connectivity index is 1.29. The molecule has 2 amide bonds. The van der Waals surface area contributed by atoms with Crippen molar-refractivity contribution in [1.29, 1.82) is 0 Å². The molecule has 2 N–H and O–H groups in total. The van der Waals surface area contributed by atoms with Crippen molar-refractivity contribution in [3.63, 3.8) is 0 Å². The molecule has 0 aliphatic carbocycles. The van der Waals surface area contributed by atoms with Crippen molar-refractivity contribution in [2.45, 2.75) is 31.5 Å². The molecule has 12 heteroatoms. The van der Waals surface area contributed by atoms with Gasteiger partial charge in [0, 0.05) is 62.5 Å². The summed E-state index contributed by atoms with van der Waals surface area (Å²) < 4.78 is 46.3. The lowest BCUT2D eigenvalue weighted by Crippen LogP contribution is -2.53. The maximum atomic E-state index is 15.0. The number of benzene rings is 1. The number of amides is 2. The molecule has 1 fully saturated rings. The first kappa shape index (κ1) is 25.0. The summed E-state index contributed by atoms with van der Waals surface area (Å²) in [6.07, 6.45) is 2.94. The Morgan fingerprint density at radius 1 is 1.07 bits per heavy atom. The molecule has 1 saturated heterocycles. The van der Waals surface area contributed by atoms with Gasteiger partial charge in [-0.3, -0.25) is 29.1 Å². The van der Waals surface area contributed by atoms with E-state index < -0.39 is 36.1 Å². The largest absolute Gasteiger partial charge is 0.386 e. The fourth-order valence-electron chi connectivity index (χ4n) is 6.10. The number of hydrogen-bond donors (Lipinski definition) is 2. The number of piperidine rings is 1. The van der Waals surface area contributed by atoms with Gasteiger partial charge >= 0.3 is 0 Å². The van der Waals surface area contributed by atoms with Crippen LogP contribution in [0.25, 0.3) is 27.7 Å². The second-order valence-electron chi connectivity index (χ2n) is 10.6. The van der Waals surface area contributed by atoms with Crippen molar-refractivity contribution in [3.8, 4) is 0 Å². The predicted octanol–water partition coefficient (Wildman–Crippen LogP) is 2.47. The van der Waals surface area contributed by atoms with E-state index >= 15 is 4.39 Å².